The number of hydrogen-bond acceptors (Lipinski definition) is 3. The quantitative estimate of drug-likeness (QED) is 0.779. The van der Waals surface area contributed by atoms with Crippen molar-refractivity contribution in [3.05, 3.63) is 42.0 Å². The molecule has 1 saturated carbocycles. The second-order valence-corrected chi connectivity index (χ2v) is 5.49. The number of benzene rings is 1. The van der Waals surface area contributed by atoms with Crippen LogP contribution >= 0.6 is 0 Å². The van der Waals surface area contributed by atoms with Gasteiger partial charge in [0, 0.05) is 6.04 Å². The van der Waals surface area contributed by atoms with Crippen LogP contribution < -0.4 is 10.1 Å². The summed E-state index contributed by atoms with van der Waals surface area (Å²) in [7, 11) is 0. The lowest BCUT2D eigenvalue weighted by molar-refractivity contribution is -0.145. The Kier molecular flexibility index (Phi) is 5.16. The van der Waals surface area contributed by atoms with Crippen LogP contribution in [0.3, 0.4) is 0 Å². The molecule has 5 nitrogen and oxygen atoms in total. The number of hydrogen-bond donors (Lipinski definition) is 2. The van der Waals surface area contributed by atoms with Crippen molar-refractivity contribution in [3.63, 3.8) is 0 Å². The van der Waals surface area contributed by atoms with E-state index in [-0.39, 0.29) is 36.8 Å². The van der Waals surface area contributed by atoms with Crippen LogP contribution in [0.2, 0.25) is 0 Å². The van der Waals surface area contributed by atoms with E-state index in [1.165, 1.54) is 6.08 Å². The maximum atomic E-state index is 12.8. The molecule has 2 rings (SSSR count). The molecule has 1 aliphatic carbocycles. The molecule has 0 aromatic heterocycles. The van der Waals surface area contributed by atoms with Gasteiger partial charge in [0.15, 0.2) is 0 Å². The van der Waals surface area contributed by atoms with E-state index in [2.05, 4.69) is 11.9 Å². The van der Waals surface area contributed by atoms with Gasteiger partial charge in [0.25, 0.3) is 5.91 Å². The summed E-state index contributed by atoms with van der Waals surface area (Å²) in [6, 6.07) is 2.27. The Hall–Kier alpha value is -2.51. The Morgan fingerprint density at radius 2 is 2.04 bits per heavy atom. The van der Waals surface area contributed by atoms with Gasteiger partial charge < -0.3 is 15.2 Å². The van der Waals surface area contributed by atoms with Crippen molar-refractivity contribution in [2.75, 3.05) is 6.61 Å². The minimum atomic E-state index is -4.59. The Morgan fingerprint density at radius 3 is 2.58 bits per heavy atom. The van der Waals surface area contributed by atoms with Crippen molar-refractivity contribution in [2.24, 2.45) is 5.92 Å². The second-order valence-electron chi connectivity index (χ2n) is 5.49. The fourth-order valence-corrected chi connectivity index (χ4v) is 2.36. The van der Waals surface area contributed by atoms with Crippen LogP contribution in [0.15, 0.2) is 30.9 Å². The van der Waals surface area contributed by atoms with Crippen LogP contribution in [0.5, 0.6) is 5.75 Å². The number of aliphatic carboxylic acids is 1. The molecule has 0 bridgehead atoms. The topological polar surface area (TPSA) is 75.6 Å². The van der Waals surface area contributed by atoms with Crippen LogP contribution in [-0.4, -0.2) is 29.6 Å². The second kappa shape index (κ2) is 6.94. The van der Waals surface area contributed by atoms with Gasteiger partial charge in [-0.2, -0.15) is 13.2 Å². The first-order valence-corrected chi connectivity index (χ1v) is 7.21. The molecular formula is C16H16F3NO4. The molecule has 1 aliphatic rings. The summed E-state index contributed by atoms with van der Waals surface area (Å²) in [6.45, 7) is 3.48. The Bertz CT molecular complexity index is 651. The zero-order chi connectivity index (χ0) is 17.9. The summed E-state index contributed by atoms with van der Waals surface area (Å²) < 4.78 is 43.8. The highest BCUT2D eigenvalue weighted by atomic mass is 19.4. The molecule has 1 aromatic rings. The lowest BCUT2D eigenvalue weighted by Gasteiger charge is -2.33. The first-order valence-electron chi connectivity index (χ1n) is 7.21. The molecule has 0 spiro atoms. The van der Waals surface area contributed by atoms with Crippen molar-refractivity contribution in [2.45, 2.75) is 25.1 Å². The van der Waals surface area contributed by atoms with E-state index in [0.29, 0.717) is 0 Å². The van der Waals surface area contributed by atoms with Crippen LogP contribution in [-0.2, 0) is 11.0 Å². The Morgan fingerprint density at radius 1 is 1.38 bits per heavy atom. The number of carboxylic acids is 1. The third-order valence-corrected chi connectivity index (χ3v) is 3.73. The van der Waals surface area contributed by atoms with E-state index in [4.69, 9.17) is 9.84 Å². The minimum Gasteiger partial charge on any atom is -0.489 e. The summed E-state index contributed by atoms with van der Waals surface area (Å²) in [6.07, 6.45) is -2.68. The molecule has 1 amide bonds. The normalized spacial score (nSPS) is 20.0. The molecular weight excluding hydrogens is 327 g/mol. The average molecular weight is 343 g/mol. The monoisotopic (exact) mass is 343 g/mol. The molecule has 2 N–H and O–H groups in total. The summed E-state index contributed by atoms with van der Waals surface area (Å²) in [4.78, 5) is 23.0. The number of carbonyl (C=O) groups is 2. The minimum absolute atomic E-state index is 0.00880. The van der Waals surface area contributed by atoms with Gasteiger partial charge >= 0.3 is 12.1 Å². The molecule has 1 aromatic carbocycles. The first kappa shape index (κ1) is 17.8. The Labute approximate surface area is 136 Å². The standard InChI is InChI=1S/C16H16F3NO4/c1-2-5-24-13-4-3-10(16(17,18)19)8-12(13)14(21)20-11-6-9(7-11)15(22)23/h2-4,8-9,11H,1,5-7H2,(H,20,21)(H,22,23). The van der Waals surface area contributed by atoms with Crippen molar-refractivity contribution >= 4 is 11.9 Å². The van der Waals surface area contributed by atoms with Gasteiger partial charge in [-0.3, -0.25) is 9.59 Å². The predicted octanol–water partition coefficient (Wildman–Crippen LogP) is 2.86. The van der Waals surface area contributed by atoms with Crippen molar-refractivity contribution in [1.82, 2.24) is 5.32 Å². The van der Waals surface area contributed by atoms with Gasteiger partial charge in [0.05, 0.1) is 17.0 Å². The van der Waals surface area contributed by atoms with Crippen LogP contribution in [0, 0.1) is 5.92 Å². The van der Waals surface area contributed by atoms with Crippen LogP contribution in [0.25, 0.3) is 0 Å². The van der Waals surface area contributed by atoms with E-state index < -0.39 is 29.5 Å². The number of alkyl halides is 3. The molecule has 0 aliphatic heterocycles. The highest BCUT2D eigenvalue weighted by Crippen LogP contribution is 2.33. The van der Waals surface area contributed by atoms with Crippen molar-refractivity contribution < 1.29 is 32.6 Å². The fraction of sp³-hybridized carbons (Fsp3) is 0.375. The summed E-state index contributed by atoms with van der Waals surface area (Å²) in [5.74, 6) is -2.20. The summed E-state index contributed by atoms with van der Waals surface area (Å²) in [5.41, 5.74) is -1.21. The zero-order valence-electron chi connectivity index (χ0n) is 12.6. The number of halogens is 3. The third kappa shape index (κ3) is 4.06. The lowest BCUT2D eigenvalue weighted by Crippen LogP contribution is -2.46. The zero-order valence-corrected chi connectivity index (χ0v) is 12.6. The third-order valence-electron chi connectivity index (χ3n) is 3.73. The number of nitrogens with one attached hydrogen (secondary N) is 1. The van der Waals surface area contributed by atoms with Gasteiger partial charge in [-0.1, -0.05) is 12.7 Å². The van der Waals surface area contributed by atoms with Crippen LogP contribution in [0.1, 0.15) is 28.8 Å². The fourth-order valence-electron chi connectivity index (χ4n) is 2.36. The molecule has 1 fully saturated rings. The molecule has 0 atom stereocenters. The molecule has 0 heterocycles. The average Bonchev–Trinajstić information content (AvgIpc) is 2.46. The number of carbonyl (C=O) groups excluding carboxylic acids is 1. The van der Waals surface area contributed by atoms with E-state index in [0.717, 1.165) is 18.2 Å². The number of rotatable bonds is 6. The largest absolute Gasteiger partial charge is 0.489 e. The molecule has 0 unspecified atom stereocenters. The van der Waals surface area contributed by atoms with E-state index in [9.17, 15) is 22.8 Å². The van der Waals surface area contributed by atoms with Crippen molar-refractivity contribution in [3.8, 4) is 5.75 Å². The van der Waals surface area contributed by atoms with Gasteiger partial charge in [0.1, 0.15) is 12.4 Å². The van der Waals surface area contributed by atoms with Gasteiger partial charge in [-0.05, 0) is 31.0 Å². The predicted molar refractivity (Wildman–Crippen MR) is 78.8 cm³/mol. The van der Waals surface area contributed by atoms with Gasteiger partial charge in [0.2, 0.25) is 0 Å². The summed E-state index contributed by atoms with van der Waals surface area (Å²) in [5, 5.41) is 11.3. The molecule has 130 valence electrons. The van der Waals surface area contributed by atoms with E-state index in [1.807, 2.05) is 0 Å². The highest BCUT2D eigenvalue weighted by Gasteiger charge is 2.36. The SMILES string of the molecule is C=CCOc1ccc(C(F)(F)F)cc1C(=O)NC1CC(C(=O)O)C1. The van der Waals surface area contributed by atoms with E-state index in [1.54, 1.807) is 0 Å². The molecule has 0 radical (unpaired) electrons. The lowest BCUT2D eigenvalue weighted by atomic mass is 9.80. The number of ether oxygens (including phenoxy) is 1. The van der Waals surface area contributed by atoms with Crippen molar-refractivity contribution in [1.29, 1.82) is 0 Å². The smallest absolute Gasteiger partial charge is 0.416 e. The molecule has 0 saturated heterocycles. The summed E-state index contributed by atoms with van der Waals surface area (Å²) >= 11 is 0. The van der Waals surface area contributed by atoms with Gasteiger partial charge in [-0.25, -0.2) is 0 Å². The van der Waals surface area contributed by atoms with E-state index >= 15 is 0 Å². The van der Waals surface area contributed by atoms with Gasteiger partial charge in [-0.15, -0.1) is 0 Å². The maximum Gasteiger partial charge on any atom is 0.416 e. The molecule has 8 heteroatoms. The van der Waals surface area contributed by atoms with Crippen LogP contribution in [0.4, 0.5) is 13.2 Å². The maximum absolute atomic E-state index is 12.8. The number of carboxylic acid groups (broad SMARTS) is 1. The molecule has 24 heavy (non-hydrogen) atoms. The highest BCUT2D eigenvalue weighted by molar-refractivity contribution is 5.97. The number of amides is 1. The Balaban J connectivity index is 2.17. The first-order chi connectivity index (χ1) is 11.2.